The molecule has 2 N–H and O–H groups in total. The van der Waals surface area contributed by atoms with E-state index in [1.807, 2.05) is 0 Å². The van der Waals surface area contributed by atoms with Gasteiger partial charge < -0.3 is 15.2 Å². The molecule has 7 heteroatoms. The van der Waals surface area contributed by atoms with Crippen molar-refractivity contribution in [2.24, 2.45) is 11.8 Å². The van der Waals surface area contributed by atoms with E-state index in [-0.39, 0.29) is 11.7 Å². The molecule has 0 saturated carbocycles. The largest absolute Gasteiger partial charge is 0.360 e. The third-order valence-corrected chi connectivity index (χ3v) is 6.52. The van der Waals surface area contributed by atoms with Gasteiger partial charge in [-0.2, -0.15) is 0 Å². The Hall–Kier alpha value is -2.25. The number of piperidine rings is 2. The van der Waals surface area contributed by atoms with Crippen LogP contribution in [0.25, 0.3) is 0 Å². The van der Waals surface area contributed by atoms with Crippen LogP contribution in [0.3, 0.4) is 0 Å². The van der Waals surface area contributed by atoms with Crippen LogP contribution in [0.2, 0.25) is 0 Å². The summed E-state index contributed by atoms with van der Waals surface area (Å²) in [5.74, 6) is 1.40. The van der Waals surface area contributed by atoms with E-state index >= 15 is 0 Å². The number of aromatic nitrogens is 1. The molecule has 2 aliphatic heterocycles. The first-order valence-electron chi connectivity index (χ1n) is 11.5. The standard InChI is InChI=1S/C24H33FN4O2/c25-21-6-4-18(5-7-21)15-27-24(30)13-19-8-9-26-16-20(19)12-22-14-23(31-28-22)17-29-10-2-1-3-11-29/h4-7,14,19-20,26H,1-3,8-13,15-17H2,(H,27,30)/t19-,20-/m0/s1. The molecule has 0 aliphatic carbocycles. The molecule has 1 aromatic heterocycles. The van der Waals surface area contributed by atoms with Gasteiger partial charge in [0.2, 0.25) is 5.91 Å². The van der Waals surface area contributed by atoms with Crippen LogP contribution in [0.5, 0.6) is 0 Å². The fourth-order valence-electron chi connectivity index (χ4n) is 4.73. The summed E-state index contributed by atoms with van der Waals surface area (Å²) < 4.78 is 18.6. The van der Waals surface area contributed by atoms with Gasteiger partial charge >= 0.3 is 0 Å². The van der Waals surface area contributed by atoms with Crippen molar-refractivity contribution in [3.05, 3.63) is 53.2 Å². The van der Waals surface area contributed by atoms with Gasteiger partial charge in [-0.1, -0.05) is 23.7 Å². The fraction of sp³-hybridized carbons (Fsp3) is 0.583. The van der Waals surface area contributed by atoms with Crippen molar-refractivity contribution in [1.29, 1.82) is 0 Å². The van der Waals surface area contributed by atoms with E-state index in [0.29, 0.717) is 24.8 Å². The second kappa shape index (κ2) is 10.9. The molecule has 2 atom stereocenters. The maximum atomic E-state index is 13.0. The summed E-state index contributed by atoms with van der Waals surface area (Å²) in [4.78, 5) is 15.0. The van der Waals surface area contributed by atoms with Gasteiger partial charge in [-0.3, -0.25) is 9.69 Å². The Kier molecular flexibility index (Phi) is 7.70. The second-order valence-corrected chi connectivity index (χ2v) is 8.95. The molecule has 1 amide bonds. The van der Waals surface area contributed by atoms with Crippen LogP contribution in [-0.4, -0.2) is 42.1 Å². The smallest absolute Gasteiger partial charge is 0.220 e. The highest BCUT2D eigenvalue weighted by molar-refractivity contribution is 5.76. The number of hydrogen-bond donors (Lipinski definition) is 2. The Morgan fingerprint density at radius 1 is 1.19 bits per heavy atom. The summed E-state index contributed by atoms with van der Waals surface area (Å²) in [6, 6.07) is 8.34. The normalized spacial score (nSPS) is 22.4. The van der Waals surface area contributed by atoms with Crippen LogP contribution in [0.4, 0.5) is 4.39 Å². The first-order chi connectivity index (χ1) is 15.2. The van der Waals surface area contributed by atoms with Crippen molar-refractivity contribution in [3.8, 4) is 0 Å². The van der Waals surface area contributed by atoms with Gasteiger partial charge in [0.1, 0.15) is 5.82 Å². The summed E-state index contributed by atoms with van der Waals surface area (Å²) in [7, 11) is 0. The lowest BCUT2D eigenvalue weighted by molar-refractivity contribution is -0.122. The van der Waals surface area contributed by atoms with E-state index in [9.17, 15) is 9.18 Å². The summed E-state index contributed by atoms with van der Waals surface area (Å²) >= 11 is 0. The molecule has 168 valence electrons. The monoisotopic (exact) mass is 428 g/mol. The van der Waals surface area contributed by atoms with E-state index in [1.165, 1.54) is 31.4 Å². The summed E-state index contributed by atoms with van der Waals surface area (Å²) in [5, 5.41) is 10.8. The van der Waals surface area contributed by atoms with Crippen LogP contribution in [0, 0.1) is 17.7 Å². The van der Waals surface area contributed by atoms with Crippen molar-refractivity contribution in [2.45, 2.75) is 51.6 Å². The first kappa shape index (κ1) is 22.0. The third-order valence-electron chi connectivity index (χ3n) is 6.52. The first-order valence-corrected chi connectivity index (χ1v) is 11.5. The van der Waals surface area contributed by atoms with E-state index in [1.54, 1.807) is 12.1 Å². The summed E-state index contributed by atoms with van der Waals surface area (Å²) in [6.45, 7) is 5.37. The zero-order chi connectivity index (χ0) is 21.5. The number of carbonyl (C=O) groups excluding carboxylic acids is 1. The lowest BCUT2D eigenvalue weighted by Gasteiger charge is -2.31. The Morgan fingerprint density at radius 2 is 2.00 bits per heavy atom. The van der Waals surface area contributed by atoms with Gasteiger partial charge in [0.05, 0.1) is 12.2 Å². The van der Waals surface area contributed by atoms with Crippen LogP contribution in [-0.2, 0) is 24.3 Å². The molecule has 0 radical (unpaired) electrons. The van der Waals surface area contributed by atoms with E-state index < -0.39 is 0 Å². The molecular formula is C24H33FN4O2. The minimum Gasteiger partial charge on any atom is -0.360 e. The third kappa shape index (κ3) is 6.61. The zero-order valence-corrected chi connectivity index (χ0v) is 18.1. The van der Waals surface area contributed by atoms with Gasteiger partial charge in [-0.05, 0) is 81.4 Å². The molecule has 0 spiro atoms. The lowest BCUT2D eigenvalue weighted by Crippen LogP contribution is -2.40. The van der Waals surface area contributed by atoms with Crippen LogP contribution in [0.15, 0.2) is 34.9 Å². The average Bonchev–Trinajstić information content (AvgIpc) is 3.22. The number of halogens is 1. The molecule has 31 heavy (non-hydrogen) atoms. The Balaban J connectivity index is 1.27. The van der Waals surface area contributed by atoms with E-state index in [4.69, 9.17) is 4.52 Å². The number of carbonyl (C=O) groups is 1. The number of benzene rings is 1. The molecule has 1 aromatic carbocycles. The lowest BCUT2D eigenvalue weighted by atomic mass is 9.81. The summed E-state index contributed by atoms with van der Waals surface area (Å²) in [6.07, 6.45) is 6.16. The molecule has 6 nitrogen and oxygen atoms in total. The number of likely N-dealkylation sites (tertiary alicyclic amines) is 1. The maximum Gasteiger partial charge on any atom is 0.220 e. The molecule has 0 bridgehead atoms. The Bertz CT molecular complexity index is 832. The maximum absolute atomic E-state index is 13.0. The van der Waals surface area contributed by atoms with Crippen molar-refractivity contribution in [2.75, 3.05) is 26.2 Å². The van der Waals surface area contributed by atoms with Gasteiger partial charge in [0.25, 0.3) is 0 Å². The second-order valence-electron chi connectivity index (χ2n) is 8.95. The van der Waals surface area contributed by atoms with Gasteiger partial charge in [-0.15, -0.1) is 0 Å². The minimum atomic E-state index is -0.264. The predicted molar refractivity (Wildman–Crippen MR) is 117 cm³/mol. The molecule has 2 aromatic rings. The van der Waals surface area contributed by atoms with Gasteiger partial charge in [-0.25, -0.2) is 4.39 Å². The van der Waals surface area contributed by atoms with Crippen molar-refractivity contribution in [1.82, 2.24) is 20.7 Å². The van der Waals surface area contributed by atoms with Crippen molar-refractivity contribution >= 4 is 5.91 Å². The van der Waals surface area contributed by atoms with Crippen LogP contribution < -0.4 is 10.6 Å². The molecule has 2 saturated heterocycles. The number of nitrogens with zero attached hydrogens (tertiary/aromatic N) is 2. The highest BCUT2D eigenvalue weighted by atomic mass is 19.1. The Labute approximate surface area is 183 Å². The molecule has 2 aliphatic rings. The number of hydrogen-bond acceptors (Lipinski definition) is 5. The molecule has 3 heterocycles. The fourth-order valence-corrected chi connectivity index (χ4v) is 4.73. The minimum absolute atomic E-state index is 0.0483. The topological polar surface area (TPSA) is 70.4 Å². The molecule has 2 fully saturated rings. The van der Waals surface area contributed by atoms with Crippen LogP contribution in [0.1, 0.15) is 49.1 Å². The molecular weight excluding hydrogens is 395 g/mol. The summed E-state index contributed by atoms with van der Waals surface area (Å²) in [5.41, 5.74) is 1.89. The molecule has 0 unspecified atom stereocenters. The number of amides is 1. The SMILES string of the molecule is O=C(C[C@@H]1CCNC[C@@H]1Cc1cc(CN2CCCCC2)on1)NCc1ccc(F)cc1. The quantitative estimate of drug-likeness (QED) is 0.675. The average molecular weight is 429 g/mol. The number of rotatable bonds is 8. The van der Waals surface area contributed by atoms with Crippen LogP contribution >= 0.6 is 0 Å². The van der Waals surface area contributed by atoms with Crippen molar-refractivity contribution < 1.29 is 13.7 Å². The highest BCUT2D eigenvalue weighted by Crippen LogP contribution is 2.26. The van der Waals surface area contributed by atoms with Gasteiger partial charge in [0, 0.05) is 19.0 Å². The predicted octanol–water partition coefficient (Wildman–Crippen LogP) is 3.27. The van der Waals surface area contributed by atoms with E-state index in [0.717, 1.165) is 62.6 Å². The van der Waals surface area contributed by atoms with Crippen molar-refractivity contribution in [3.63, 3.8) is 0 Å². The highest BCUT2D eigenvalue weighted by Gasteiger charge is 2.28. The number of nitrogens with one attached hydrogen (secondary N) is 2. The van der Waals surface area contributed by atoms with E-state index in [2.05, 4.69) is 26.8 Å². The zero-order valence-electron chi connectivity index (χ0n) is 18.1. The molecule has 4 rings (SSSR count). The Morgan fingerprint density at radius 3 is 2.81 bits per heavy atom. The van der Waals surface area contributed by atoms with Gasteiger partial charge in [0.15, 0.2) is 5.76 Å².